The Morgan fingerprint density at radius 1 is 1.07 bits per heavy atom. The van der Waals surface area contributed by atoms with Crippen molar-refractivity contribution in [3.63, 3.8) is 0 Å². The molecule has 1 heterocycles. The highest BCUT2D eigenvalue weighted by Crippen LogP contribution is 2.28. The lowest BCUT2D eigenvalue weighted by Crippen LogP contribution is -2.31. The van der Waals surface area contributed by atoms with Crippen LogP contribution in [0.1, 0.15) is 61.8 Å². The van der Waals surface area contributed by atoms with Crippen molar-refractivity contribution in [3.05, 3.63) is 95.7 Å². The molecule has 0 amide bonds. The molecule has 3 rings (SSSR count). The smallest absolute Gasteiger partial charge is 0.110 e. The van der Waals surface area contributed by atoms with Crippen LogP contribution in [0, 0.1) is 6.92 Å². The first kappa shape index (κ1) is 20.9. The summed E-state index contributed by atoms with van der Waals surface area (Å²) in [4.78, 5) is 7.33. The van der Waals surface area contributed by atoms with Gasteiger partial charge < -0.3 is 4.90 Å². The summed E-state index contributed by atoms with van der Waals surface area (Å²) in [5.74, 6) is 1.11. The van der Waals surface area contributed by atoms with E-state index in [2.05, 4.69) is 86.5 Å². The maximum Gasteiger partial charge on any atom is 0.110 e. The van der Waals surface area contributed by atoms with E-state index in [1.165, 1.54) is 29.5 Å². The Balaban J connectivity index is 1.88. The molecule has 0 radical (unpaired) electrons. The van der Waals surface area contributed by atoms with Crippen molar-refractivity contribution < 1.29 is 0 Å². The lowest BCUT2D eigenvalue weighted by atomic mass is 10.0. The summed E-state index contributed by atoms with van der Waals surface area (Å²) in [5, 5.41) is 0. The fraction of sp³-hybridized carbons (Fsp3) is 0.296. The molecule has 0 saturated heterocycles. The van der Waals surface area contributed by atoms with Crippen molar-refractivity contribution in [2.45, 2.75) is 53.0 Å². The first-order chi connectivity index (χ1) is 14.0. The molecule has 0 spiro atoms. The average Bonchev–Trinajstić information content (AvgIpc) is 2.71. The second kappa shape index (κ2) is 9.56. The van der Waals surface area contributed by atoms with Crippen LogP contribution < -0.4 is 0 Å². The van der Waals surface area contributed by atoms with Crippen molar-refractivity contribution in [1.82, 2.24) is 4.90 Å². The minimum atomic E-state index is 0.780. The van der Waals surface area contributed by atoms with Gasteiger partial charge in [0.05, 0.1) is 5.70 Å². The SMILES string of the molecule is C=C(C)c1cccc(CN2C(=C)C=C(c3ccc(C)cc3)N=C2CCCCC)c1. The fourth-order valence-electron chi connectivity index (χ4n) is 3.54. The largest absolute Gasteiger partial charge is 0.326 e. The third-order valence-corrected chi connectivity index (χ3v) is 5.32. The number of unbranched alkanes of at least 4 members (excludes halogenated alkanes) is 2. The molecule has 29 heavy (non-hydrogen) atoms. The van der Waals surface area contributed by atoms with Gasteiger partial charge in [-0.05, 0) is 43.5 Å². The van der Waals surface area contributed by atoms with E-state index in [0.29, 0.717) is 0 Å². The van der Waals surface area contributed by atoms with Crippen LogP contribution >= 0.6 is 0 Å². The summed E-state index contributed by atoms with van der Waals surface area (Å²) < 4.78 is 0. The minimum absolute atomic E-state index is 0.780. The zero-order valence-corrected chi connectivity index (χ0v) is 18.0. The molecule has 2 nitrogen and oxygen atoms in total. The second-order valence-corrected chi connectivity index (χ2v) is 7.94. The maximum absolute atomic E-state index is 5.06. The van der Waals surface area contributed by atoms with Gasteiger partial charge in [0.1, 0.15) is 5.84 Å². The number of nitrogens with zero attached hydrogens (tertiary/aromatic N) is 2. The Hall–Kier alpha value is -2.87. The fourth-order valence-corrected chi connectivity index (χ4v) is 3.54. The normalized spacial score (nSPS) is 13.9. The quantitative estimate of drug-likeness (QED) is 0.434. The van der Waals surface area contributed by atoms with Crippen molar-refractivity contribution in [1.29, 1.82) is 0 Å². The Morgan fingerprint density at radius 2 is 1.83 bits per heavy atom. The summed E-state index contributed by atoms with van der Waals surface area (Å²) in [7, 11) is 0. The predicted molar refractivity (Wildman–Crippen MR) is 127 cm³/mol. The number of aliphatic imine (C=N–C) groups is 1. The van der Waals surface area contributed by atoms with Crippen molar-refractivity contribution >= 4 is 17.1 Å². The highest BCUT2D eigenvalue weighted by molar-refractivity contribution is 5.92. The molecule has 0 unspecified atom stereocenters. The van der Waals surface area contributed by atoms with Gasteiger partial charge >= 0.3 is 0 Å². The second-order valence-electron chi connectivity index (χ2n) is 7.94. The third-order valence-electron chi connectivity index (χ3n) is 5.32. The number of rotatable bonds is 8. The van der Waals surface area contributed by atoms with Crippen LogP contribution in [-0.2, 0) is 6.54 Å². The molecular weight excluding hydrogens is 352 g/mol. The molecule has 2 aromatic carbocycles. The van der Waals surface area contributed by atoms with E-state index in [1.54, 1.807) is 0 Å². The molecule has 2 aromatic rings. The van der Waals surface area contributed by atoms with Gasteiger partial charge in [-0.15, -0.1) is 0 Å². The first-order valence-electron chi connectivity index (χ1n) is 10.6. The van der Waals surface area contributed by atoms with Gasteiger partial charge in [-0.2, -0.15) is 0 Å². The molecule has 0 aromatic heterocycles. The van der Waals surface area contributed by atoms with Crippen LogP contribution in [0.2, 0.25) is 0 Å². The van der Waals surface area contributed by atoms with Gasteiger partial charge in [0, 0.05) is 24.2 Å². The van der Waals surface area contributed by atoms with Gasteiger partial charge in [0.25, 0.3) is 0 Å². The Bertz CT molecular complexity index is 945. The lowest BCUT2D eigenvalue weighted by Gasteiger charge is -2.31. The van der Waals surface area contributed by atoms with E-state index >= 15 is 0 Å². The Morgan fingerprint density at radius 3 is 2.52 bits per heavy atom. The Kier molecular flexibility index (Phi) is 6.87. The van der Waals surface area contributed by atoms with E-state index in [0.717, 1.165) is 47.8 Å². The van der Waals surface area contributed by atoms with Crippen molar-refractivity contribution in [2.24, 2.45) is 4.99 Å². The molecule has 0 atom stereocenters. The summed E-state index contributed by atoms with van der Waals surface area (Å²) in [6.07, 6.45) is 6.64. The molecule has 2 heteroatoms. The number of benzene rings is 2. The molecule has 0 saturated carbocycles. The summed E-state index contributed by atoms with van der Waals surface area (Å²) in [6.45, 7) is 15.6. The van der Waals surface area contributed by atoms with Crippen LogP contribution in [0.25, 0.3) is 11.3 Å². The Labute approximate surface area is 176 Å². The molecular formula is C27H32N2. The number of amidine groups is 1. The number of hydrogen-bond donors (Lipinski definition) is 0. The van der Waals surface area contributed by atoms with Crippen LogP contribution in [0.5, 0.6) is 0 Å². The van der Waals surface area contributed by atoms with Gasteiger partial charge in [-0.25, -0.2) is 4.99 Å². The van der Waals surface area contributed by atoms with E-state index in [1.807, 2.05) is 6.92 Å². The molecule has 0 fully saturated rings. The molecule has 0 bridgehead atoms. The van der Waals surface area contributed by atoms with Crippen LogP contribution in [0.4, 0.5) is 0 Å². The molecule has 1 aliphatic rings. The maximum atomic E-state index is 5.06. The molecule has 0 aliphatic carbocycles. The van der Waals surface area contributed by atoms with Crippen LogP contribution in [0.15, 0.2) is 78.5 Å². The third kappa shape index (κ3) is 5.35. The van der Waals surface area contributed by atoms with Gasteiger partial charge in [-0.3, -0.25) is 0 Å². The van der Waals surface area contributed by atoms with Crippen LogP contribution in [-0.4, -0.2) is 10.7 Å². The molecule has 1 aliphatic heterocycles. The number of hydrogen-bond acceptors (Lipinski definition) is 2. The van der Waals surface area contributed by atoms with E-state index in [9.17, 15) is 0 Å². The van der Waals surface area contributed by atoms with Crippen molar-refractivity contribution in [2.75, 3.05) is 0 Å². The summed E-state index contributed by atoms with van der Waals surface area (Å²) >= 11 is 0. The molecule has 0 N–H and O–H groups in total. The predicted octanol–water partition coefficient (Wildman–Crippen LogP) is 7.38. The van der Waals surface area contributed by atoms with Crippen molar-refractivity contribution in [3.8, 4) is 0 Å². The zero-order valence-electron chi connectivity index (χ0n) is 18.0. The van der Waals surface area contributed by atoms with E-state index < -0.39 is 0 Å². The molecule has 150 valence electrons. The van der Waals surface area contributed by atoms with Crippen LogP contribution in [0.3, 0.4) is 0 Å². The topological polar surface area (TPSA) is 15.6 Å². The standard InChI is InChI=1S/C27H32N2/c1-6-7-8-12-27-28-26(24-15-13-21(4)14-16-24)17-22(5)29(27)19-23-10-9-11-25(18-23)20(2)3/h9-11,13-18H,2,5-8,12,19H2,1,3-4H3. The minimum Gasteiger partial charge on any atom is -0.326 e. The summed E-state index contributed by atoms with van der Waals surface area (Å²) in [6, 6.07) is 17.2. The van der Waals surface area contributed by atoms with Gasteiger partial charge in [0.2, 0.25) is 0 Å². The highest BCUT2D eigenvalue weighted by atomic mass is 15.2. The van der Waals surface area contributed by atoms with E-state index in [-0.39, 0.29) is 0 Å². The van der Waals surface area contributed by atoms with Gasteiger partial charge in [-0.1, -0.05) is 86.5 Å². The summed E-state index contributed by atoms with van der Waals surface area (Å²) in [5.41, 5.74) is 7.94. The average molecular weight is 385 g/mol. The number of aryl methyl sites for hydroxylation is 1. The van der Waals surface area contributed by atoms with Gasteiger partial charge in [0.15, 0.2) is 0 Å². The monoisotopic (exact) mass is 384 g/mol. The lowest BCUT2D eigenvalue weighted by molar-refractivity contribution is 0.503. The van der Waals surface area contributed by atoms with E-state index in [4.69, 9.17) is 4.99 Å². The first-order valence-corrected chi connectivity index (χ1v) is 10.6. The zero-order chi connectivity index (χ0) is 20.8. The number of allylic oxidation sites excluding steroid dienone is 2. The highest BCUT2D eigenvalue weighted by Gasteiger charge is 2.20.